The molecule has 4 heteroatoms. The largest absolute Gasteiger partial charge is 0.397 e. The van der Waals surface area contributed by atoms with E-state index in [1.54, 1.807) is 12.3 Å². The highest BCUT2D eigenvalue weighted by atomic mass is 16.1. The maximum atomic E-state index is 11.9. The molecule has 18 heavy (non-hydrogen) atoms. The van der Waals surface area contributed by atoms with Crippen molar-refractivity contribution in [3.05, 3.63) is 17.8 Å². The molecule has 0 aliphatic carbocycles. The first kappa shape index (κ1) is 14.5. The lowest BCUT2D eigenvalue weighted by Gasteiger charge is -2.26. The first-order valence-electron chi connectivity index (χ1n) is 6.22. The lowest BCUT2D eigenvalue weighted by atomic mass is 9.80. The van der Waals surface area contributed by atoms with Crippen LogP contribution in [0.25, 0.3) is 0 Å². The highest BCUT2D eigenvalue weighted by Crippen LogP contribution is 2.28. The predicted octanol–water partition coefficient (Wildman–Crippen LogP) is 2.98. The maximum absolute atomic E-state index is 11.9. The summed E-state index contributed by atoms with van der Waals surface area (Å²) in [6.45, 7) is 10.4. The molecule has 0 aromatic carbocycles. The third kappa shape index (κ3) is 4.02. The van der Waals surface area contributed by atoms with Crippen molar-refractivity contribution in [2.75, 3.05) is 11.1 Å². The van der Waals surface area contributed by atoms with Gasteiger partial charge in [-0.1, -0.05) is 27.7 Å². The zero-order valence-corrected chi connectivity index (χ0v) is 11.9. The molecule has 0 fully saturated rings. The van der Waals surface area contributed by atoms with Gasteiger partial charge in [0.2, 0.25) is 5.91 Å². The van der Waals surface area contributed by atoms with Gasteiger partial charge in [-0.15, -0.1) is 0 Å². The summed E-state index contributed by atoms with van der Waals surface area (Å²) in [7, 11) is 0. The molecule has 1 rings (SSSR count). The fourth-order valence-electron chi connectivity index (χ4n) is 1.49. The summed E-state index contributed by atoms with van der Waals surface area (Å²) in [4.78, 5) is 16.1. The number of aromatic nitrogens is 1. The molecular weight excluding hydrogens is 226 g/mol. The third-order valence-corrected chi connectivity index (χ3v) is 3.33. The SMILES string of the molecule is Cc1cc(N)cnc1NC(=O)CC(C)C(C)(C)C. The molecule has 0 saturated heterocycles. The van der Waals surface area contributed by atoms with Crippen molar-refractivity contribution in [2.24, 2.45) is 11.3 Å². The number of nitrogens with zero attached hydrogens (tertiary/aromatic N) is 1. The summed E-state index contributed by atoms with van der Waals surface area (Å²) >= 11 is 0. The van der Waals surface area contributed by atoms with Crippen LogP contribution < -0.4 is 11.1 Å². The molecule has 1 aromatic heterocycles. The van der Waals surface area contributed by atoms with Crippen molar-refractivity contribution in [3.63, 3.8) is 0 Å². The van der Waals surface area contributed by atoms with E-state index >= 15 is 0 Å². The molecule has 0 spiro atoms. The van der Waals surface area contributed by atoms with Gasteiger partial charge < -0.3 is 11.1 Å². The van der Waals surface area contributed by atoms with E-state index < -0.39 is 0 Å². The van der Waals surface area contributed by atoms with Gasteiger partial charge in [-0.25, -0.2) is 4.98 Å². The fraction of sp³-hybridized carbons (Fsp3) is 0.571. The molecule has 100 valence electrons. The van der Waals surface area contributed by atoms with Crippen molar-refractivity contribution in [2.45, 2.75) is 41.0 Å². The van der Waals surface area contributed by atoms with Crippen LogP contribution in [0.2, 0.25) is 0 Å². The highest BCUT2D eigenvalue weighted by Gasteiger charge is 2.22. The van der Waals surface area contributed by atoms with Crippen molar-refractivity contribution in [1.29, 1.82) is 0 Å². The first-order valence-corrected chi connectivity index (χ1v) is 6.22. The molecule has 1 aromatic rings. The van der Waals surface area contributed by atoms with Crippen LogP contribution in [0.1, 0.15) is 39.7 Å². The first-order chi connectivity index (χ1) is 8.20. The third-order valence-electron chi connectivity index (χ3n) is 3.33. The molecule has 1 heterocycles. The second kappa shape index (κ2) is 5.38. The van der Waals surface area contributed by atoms with E-state index in [0.29, 0.717) is 23.8 Å². The number of nitrogens with two attached hydrogens (primary N) is 1. The number of carbonyl (C=O) groups excluding carboxylic acids is 1. The van der Waals surface area contributed by atoms with E-state index in [4.69, 9.17) is 5.73 Å². The number of anilines is 2. The summed E-state index contributed by atoms with van der Waals surface area (Å²) in [6, 6.07) is 1.80. The number of rotatable bonds is 3. The molecule has 4 nitrogen and oxygen atoms in total. The lowest BCUT2D eigenvalue weighted by Crippen LogP contribution is -2.24. The molecule has 0 bridgehead atoms. The molecule has 1 amide bonds. The Morgan fingerprint density at radius 1 is 1.50 bits per heavy atom. The topological polar surface area (TPSA) is 68.0 Å². The normalized spacial score (nSPS) is 13.2. The number of hydrogen-bond donors (Lipinski definition) is 2. The number of carbonyl (C=O) groups is 1. The monoisotopic (exact) mass is 249 g/mol. The minimum atomic E-state index is -0.00204. The van der Waals surface area contributed by atoms with Gasteiger partial charge in [0, 0.05) is 6.42 Å². The summed E-state index contributed by atoms with van der Waals surface area (Å²) in [5.74, 6) is 0.902. The van der Waals surface area contributed by atoms with E-state index in [9.17, 15) is 4.79 Å². The van der Waals surface area contributed by atoms with E-state index in [1.165, 1.54) is 0 Å². The zero-order valence-electron chi connectivity index (χ0n) is 11.9. The van der Waals surface area contributed by atoms with Crippen LogP contribution in [0, 0.1) is 18.3 Å². The Bertz CT molecular complexity index is 435. The van der Waals surface area contributed by atoms with Crippen LogP contribution in [0.4, 0.5) is 11.5 Å². The van der Waals surface area contributed by atoms with Crippen LogP contribution in [-0.4, -0.2) is 10.9 Å². The quantitative estimate of drug-likeness (QED) is 0.865. The Kier molecular flexibility index (Phi) is 4.33. The lowest BCUT2D eigenvalue weighted by molar-refractivity contribution is -0.117. The minimum Gasteiger partial charge on any atom is -0.397 e. The Morgan fingerprint density at radius 2 is 2.11 bits per heavy atom. The Balaban J connectivity index is 2.65. The van der Waals surface area contributed by atoms with Crippen LogP contribution in [0.5, 0.6) is 0 Å². The molecule has 0 radical (unpaired) electrons. The fourth-order valence-corrected chi connectivity index (χ4v) is 1.49. The predicted molar refractivity (Wildman–Crippen MR) is 75.3 cm³/mol. The van der Waals surface area contributed by atoms with E-state index in [-0.39, 0.29) is 11.3 Å². The van der Waals surface area contributed by atoms with Crippen LogP contribution >= 0.6 is 0 Å². The second-order valence-electron chi connectivity index (χ2n) is 5.95. The Labute approximate surface area is 109 Å². The van der Waals surface area contributed by atoms with Gasteiger partial charge in [0.1, 0.15) is 5.82 Å². The molecule has 0 aliphatic rings. The average Bonchev–Trinajstić information content (AvgIpc) is 2.20. The minimum absolute atomic E-state index is 0.00204. The number of nitrogen functional groups attached to an aromatic ring is 1. The van der Waals surface area contributed by atoms with Crippen molar-refractivity contribution >= 4 is 17.4 Å². The van der Waals surface area contributed by atoms with Crippen molar-refractivity contribution in [3.8, 4) is 0 Å². The second-order valence-corrected chi connectivity index (χ2v) is 5.95. The Hall–Kier alpha value is -1.58. The van der Waals surface area contributed by atoms with E-state index in [0.717, 1.165) is 5.56 Å². The Morgan fingerprint density at radius 3 is 2.61 bits per heavy atom. The number of pyridine rings is 1. The van der Waals surface area contributed by atoms with Gasteiger partial charge in [-0.3, -0.25) is 4.79 Å². The maximum Gasteiger partial charge on any atom is 0.225 e. The molecule has 0 aliphatic heterocycles. The zero-order chi connectivity index (χ0) is 13.9. The van der Waals surface area contributed by atoms with Gasteiger partial charge in [0.25, 0.3) is 0 Å². The van der Waals surface area contributed by atoms with E-state index in [2.05, 4.69) is 38.0 Å². The van der Waals surface area contributed by atoms with Crippen molar-refractivity contribution < 1.29 is 4.79 Å². The average molecular weight is 249 g/mol. The summed E-state index contributed by atoms with van der Waals surface area (Å²) in [5.41, 5.74) is 7.23. The number of amides is 1. The molecule has 3 N–H and O–H groups in total. The van der Waals surface area contributed by atoms with Gasteiger partial charge in [0.05, 0.1) is 11.9 Å². The molecular formula is C14H23N3O. The van der Waals surface area contributed by atoms with Gasteiger partial charge in [-0.05, 0) is 29.9 Å². The van der Waals surface area contributed by atoms with Crippen LogP contribution in [0.15, 0.2) is 12.3 Å². The molecule has 1 atom stereocenters. The summed E-state index contributed by atoms with van der Waals surface area (Å²) in [6.07, 6.45) is 2.05. The highest BCUT2D eigenvalue weighted by molar-refractivity contribution is 5.90. The summed E-state index contributed by atoms with van der Waals surface area (Å²) in [5, 5.41) is 2.83. The van der Waals surface area contributed by atoms with E-state index in [1.807, 2.05) is 6.92 Å². The van der Waals surface area contributed by atoms with Crippen LogP contribution in [-0.2, 0) is 4.79 Å². The van der Waals surface area contributed by atoms with Gasteiger partial charge in [0.15, 0.2) is 0 Å². The molecule has 0 saturated carbocycles. The molecule has 1 unspecified atom stereocenters. The number of hydrogen-bond acceptors (Lipinski definition) is 3. The van der Waals surface area contributed by atoms with Gasteiger partial charge >= 0.3 is 0 Å². The van der Waals surface area contributed by atoms with Crippen LogP contribution in [0.3, 0.4) is 0 Å². The number of aryl methyl sites for hydroxylation is 1. The standard InChI is InChI=1S/C14H23N3O/c1-9-6-11(15)8-16-13(9)17-12(18)7-10(2)14(3,4)5/h6,8,10H,7,15H2,1-5H3,(H,16,17,18). The summed E-state index contributed by atoms with van der Waals surface area (Å²) < 4.78 is 0. The number of nitrogens with one attached hydrogen (secondary N) is 1. The van der Waals surface area contributed by atoms with Crippen molar-refractivity contribution in [1.82, 2.24) is 4.98 Å². The smallest absolute Gasteiger partial charge is 0.225 e. The van der Waals surface area contributed by atoms with Gasteiger partial charge in [-0.2, -0.15) is 0 Å².